The fourth-order valence-corrected chi connectivity index (χ4v) is 1.18. The van der Waals surface area contributed by atoms with Crippen molar-refractivity contribution in [1.82, 2.24) is 19.7 Å². The number of nitrogens with two attached hydrogens (primary N) is 1. The van der Waals surface area contributed by atoms with Crippen LogP contribution in [0.3, 0.4) is 0 Å². The number of hydrogen-bond donors (Lipinski definition) is 1. The van der Waals surface area contributed by atoms with Crippen LogP contribution in [0.5, 0.6) is 0 Å². The normalized spacial score (nSPS) is 10.2. The van der Waals surface area contributed by atoms with Crippen LogP contribution in [0, 0.1) is 0 Å². The summed E-state index contributed by atoms with van der Waals surface area (Å²) in [7, 11) is 1.67. The molecule has 0 saturated carbocycles. The van der Waals surface area contributed by atoms with Gasteiger partial charge in [0.05, 0.1) is 18.0 Å². The fraction of sp³-hybridized carbons (Fsp3) is 0.111. The third-order valence-corrected chi connectivity index (χ3v) is 2.03. The van der Waals surface area contributed by atoms with Gasteiger partial charge >= 0.3 is 0 Å². The lowest BCUT2D eigenvalue weighted by Crippen LogP contribution is -2.07. The van der Waals surface area contributed by atoms with Gasteiger partial charge in [-0.3, -0.25) is 14.5 Å². The van der Waals surface area contributed by atoms with Gasteiger partial charge in [-0.25, -0.2) is 4.98 Å². The van der Waals surface area contributed by atoms with Gasteiger partial charge in [0.1, 0.15) is 11.5 Å². The highest BCUT2D eigenvalue weighted by Crippen LogP contribution is 2.13. The summed E-state index contributed by atoms with van der Waals surface area (Å²) in [5.74, 6) is 0.0550. The molecule has 2 aromatic heterocycles. The molecule has 0 aromatic carbocycles. The molecule has 0 amide bonds. The van der Waals surface area contributed by atoms with Gasteiger partial charge in [0.15, 0.2) is 0 Å². The summed E-state index contributed by atoms with van der Waals surface area (Å²) >= 11 is 0. The van der Waals surface area contributed by atoms with E-state index in [0.717, 1.165) is 0 Å². The Kier molecular flexibility index (Phi) is 2.17. The lowest BCUT2D eigenvalue weighted by atomic mass is 10.1. The minimum absolute atomic E-state index is 0.261. The Labute approximate surface area is 85.8 Å². The molecule has 6 nitrogen and oxygen atoms in total. The van der Waals surface area contributed by atoms with Crippen molar-refractivity contribution in [2.24, 2.45) is 7.05 Å². The average Bonchev–Trinajstić information content (AvgIpc) is 2.60. The van der Waals surface area contributed by atoms with Crippen LogP contribution in [0.4, 0.5) is 5.82 Å². The predicted molar refractivity (Wildman–Crippen MR) is 53.1 cm³/mol. The minimum atomic E-state index is -0.270. The Morgan fingerprint density at radius 3 is 2.73 bits per heavy atom. The molecule has 76 valence electrons. The lowest BCUT2D eigenvalue weighted by molar-refractivity contribution is 0.103. The zero-order valence-electron chi connectivity index (χ0n) is 8.08. The molecule has 2 rings (SSSR count). The molecule has 2 heterocycles. The van der Waals surface area contributed by atoms with Crippen LogP contribution in [-0.4, -0.2) is 25.5 Å². The first-order valence-electron chi connectivity index (χ1n) is 4.28. The zero-order valence-corrected chi connectivity index (χ0v) is 8.08. The van der Waals surface area contributed by atoms with E-state index in [1.54, 1.807) is 7.05 Å². The van der Waals surface area contributed by atoms with E-state index in [0.29, 0.717) is 11.4 Å². The maximum absolute atomic E-state index is 11.8. The second kappa shape index (κ2) is 3.49. The Hall–Kier alpha value is -2.24. The highest BCUT2D eigenvalue weighted by Gasteiger charge is 2.16. The third-order valence-electron chi connectivity index (χ3n) is 2.03. The molecule has 0 radical (unpaired) electrons. The second-order valence-electron chi connectivity index (χ2n) is 2.99. The van der Waals surface area contributed by atoms with Crippen molar-refractivity contribution in [2.75, 3.05) is 5.73 Å². The van der Waals surface area contributed by atoms with E-state index in [9.17, 15) is 4.79 Å². The molecule has 0 aliphatic heterocycles. The molecule has 2 aromatic rings. The van der Waals surface area contributed by atoms with Gasteiger partial charge in [0.2, 0.25) is 5.78 Å². The monoisotopic (exact) mass is 203 g/mol. The van der Waals surface area contributed by atoms with Crippen LogP contribution in [0.15, 0.2) is 24.8 Å². The van der Waals surface area contributed by atoms with E-state index in [-0.39, 0.29) is 11.5 Å². The van der Waals surface area contributed by atoms with Gasteiger partial charge in [0.25, 0.3) is 0 Å². The number of nitrogens with zero attached hydrogens (tertiary/aromatic N) is 4. The third kappa shape index (κ3) is 1.56. The molecule has 0 aliphatic rings. The number of nitrogen functional groups attached to an aromatic ring is 1. The van der Waals surface area contributed by atoms with Crippen molar-refractivity contribution in [3.05, 3.63) is 36.0 Å². The van der Waals surface area contributed by atoms with Crippen molar-refractivity contribution in [1.29, 1.82) is 0 Å². The SMILES string of the molecule is Cn1ncc(C(=O)c2cnccn2)c1N. The smallest absolute Gasteiger partial charge is 0.218 e. The predicted octanol–water partition coefficient (Wildman–Crippen LogP) is 0.0233. The fourth-order valence-electron chi connectivity index (χ4n) is 1.18. The van der Waals surface area contributed by atoms with Gasteiger partial charge in [-0.1, -0.05) is 0 Å². The lowest BCUT2D eigenvalue weighted by Gasteiger charge is -1.98. The number of aryl methyl sites for hydroxylation is 1. The van der Waals surface area contributed by atoms with Gasteiger partial charge in [-0.2, -0.15) is 5.10 Å². The van der Waals surface area contributed by atoms with E-state index < -0.39 is 0 Å². The van der Waals surface area contributed by atoms with Crippen molar-refractivity contribution in [2.45, 2.75) is 0 Å². The molecule has 0 saturated heterocycles. The Balaban J connectivity index is 2.42. The standard InChI is InChI=1S/C9H9N5O/c1-14-9(10)6(4-13-14)8(15)7-5-11-2-3-12-7/h2-5H,10H2,1H3. The summed E-state index contributed by atoms with van der Waals surface area (Å²) in [6, 6.07) is 0. The second-order valence-corrected chi connectivity index (χ2v) is 2.99. The molecule has 0 unspecified atom stereocenters. The van der Waals surface area contributed by atoms with Crippen LogP contribution in [0.25, 0.3) is 0 Å². The van der Waals surface area contributed by atoms with Crippen molar-refractivity contribution in [3.8, 4) is 0 Å². The van der Waals surface area contributed by atoms with Crippen LogP contribution >= 0.6 is 0 Å². The highest BCUT2D eigenvalue weighted by atomic mass is 16.1. The minimum Gasteiger partial charge on any atom is -0.383 e. The molecule has 0 fully saturated rings. The van der Waals surface area contributed by atoms with E-state index in [1.165, 1.54) is 29.5 Å². The summed E-state index contributed by atoms with van der Waals surface area (Å²) in [6.45, 7) is 0. The van der Waals surface area contributed by atoms with Crippen LogP contribution < -0.4 is 5.73 Å². The molecule has 2 N–H and O–H groups in total. The molecule has 0 bridgehead atoms. The summed E-state index contributed by atoms with van der Waals surface area (Å²) in [5.41, 5.74) is 6.28. The average molecular weight is 203 g/mol. The molecule has 15 heavy (non-hydrogen) atoms. The molecule has 0 spiro atoms. The summed E-state index contributed by atoms with van der Waals surface area (Å²) < 4.78 is 1.43. The van der Waals surface area contributed by atoms with Crippen LogP contribution in [0.1, 0.15) is 16.1 Å². The van der Waals surface area contributed by atoms with Gasteiger partial charge in [-0.05, 0) is 0 Å². The molecule has 0 aliphatic carbocycles. The quantitative estimate of drug-likeness (QED) is 0.695. The number of carbonyl (C=O) groups excluding carboxylic acids is 1. The summed E-state index contributed by atoms with van der Waals surface area (Å²) in [4.78, 5) is 19.6. The maximum Gasteiger partial charge on any atom is 0.218 e. The molecule has 0 atom stereocenters. The number of ketones is 1. The highest BCUT2D eigenvalue weighted by molar-refractivity contribution is 6.10. The van der Waals surface area contributed by atoms with Crippen LogP contribution in [-0.2, 0) is 7.05 Å². The molecular formula is C9H9N5O. The maximum atomic E-state index is 11.8. The Morgan fingerprint density at radius 1 is 1.40 bits per heavy atom. The van der Waals surface area contributed by atoms with E-state index in [2.05, 4.69) is 15.1 Å². The van der Waals surface area contributed by atoms with Crippen molar-refractivity contribution in [3.63, 3.8) is 0 Å². The summed E-state index contributed by atoms with van der Waals surface area (Å²) in [5, 5.41) is 3.89. The number of aromatic nitrogens is 4. The Morgan fingerprint density at radius 2 is 2.20 bits per heavy atom. The van der Waals surface area contributed by atoms with E-state index >= 15 is 0 Å². The first kappa shape index (κ1) is 9.32. The molecular weight excluding hydrogens is 194 g/mol. The first-order chi connectivity index (χ1) is 7.20. The van der Waals surface area contributed by atoms with Crippen molar-refractivity contribution >= 4 is 11.6 Å². The van der Waals surface area contributed by atoms with Gasteiger partial charge < -0.3 is 5.73 Å². The number of carbonyl (C=O) groups is 1. The zero-order chi connectivity index (χ0) is 10.8. The van der Waals surface area contributed by atoms with Crippen molar-refractivity contribution < 1.29 is 4.79 Å². The number of hydrogen-bond acceptors (Lipinski definition) is 5. The first-order valence-corrected chi connectivity index (χ1v) is 4.28. The largest absolute Gasteiger partial charge is 0.383 e. The topological polar surface area (TPSA) is 86.7 Å². The van der Waals surface area contributed by atoms with E-state index in [4.69, 9.17) is 5.73 Å². The summed E-state index contributed by atoms with van der Waals surface area (Å²) in [6.07, 6.45) is 5.78. The number of anilines is 1. The van der Waals surface area contributed by atoms with Crippen LogP contribution in [0.2, 0.25) is 0 Å². The molecule has 6 heteroatoms. The number of rotatable bonds is 2. The van der Waals surface area contributed by atoms with Gasteiger partial charge in [0, 0.05) is 19.4 Å². The Bertz CT molecular complexity index is 490. The van der Waals surface area contributed by atoms with Gasteiger partial charge in [-0.15, -0.1) is 0 Å². The van der Waals surface area contributed by atoms with E-state index in [1.807, 2.05) is 0 Å².